The molecular formula is C21H19ClF4N4O2. The number of carbonyl (C=O) groups is 1. The van der Waals surface area contributed by atoms with Gasteiger partial charge in [0.15, 0.2) is 5.54 Å². The van der Waals surface area contributed by atoms with Crippen molar-refractivity contribution in [3.05, 3.63) is 57.9 Å². The van der Waals surface area contributed by atoms with Crippen LogP contribution < -0.4 is 11.1 Å². The van der Waals surface area contributed by atoms with Crippen LogP contribution >= 0.6 is 11.6 Å². The van der Waals surface area contributed by atoms with Crippen LogP contribution in [-0.4, -0.2) is 35.9 Å². The van der Waals surface area contributed by atoms with Crippen molar-refractivity contribution < 1.29 is 27.1 Å². The van der Waals surface area contributed by atoms with E-state index in [1.54, 1.807) is 6.92 Å². The van der Waals surface area contributed by atoms with Crippen molar-refractivity contribution in [3.8, 4) is 0 Å². The van der Waals surface area contributed by atoms with Crippen LogP contribution in [0.3, 0.4) is 0 Å². The summed E-state index contributed by atoms with van der Waals surface area (Å²) in [5.41, 5.74) is 4.62. The summed E-state index contributed by atoms with van der Waals surface area (Å²) >= 11 is 6.26. The van der Waals surface area contributed by atoms with Crippen LogP contribution in [0.2, 0.25) is 5.02 Å². The maximum atomic E-state index is 14.3. The molecule has 32 heavy (non-hydrogen) atoms. The number of ether oxygens (including phenoxy) is 1. The first-order chi connectivity index (χ1) is 15.1. The number of fused-ring (bicyclic) bond motifs is 1. The Balaban J connectivity index is 1.64. The third-order valence-corrected chi connectivity index (χ3v) is 5.92. The van der Waals surface area contributed by atoms with Gasteiger partial charge in [-0.05, 0) is 42.7 Å². The highest BCUT2D eigenvalue weighted by molar-refractivity contribution is 6.31. The summed E-state index contributed by atoms with van der Waals surface area (Å²) in [6, 6.07) is 5.31. The van der Waals surface area contributed by atoms with Crippen molar-refractivity contribution in [1.29, 1.82) is 0 Å². The number of hydrogen-bond acceptors (Lipinski definition) is 5. The van der Waals surface area contributed by atoms with Crippen molar-refractivity contribution in [1.82, 2.24) is 4.98 Å². The largest absolute Gasteiger partial charge is 0.462 e. The van der Waals surface area contributed by atoms with E-state index < -0.39 is 42.7 Å². The molecule has 0 bridgehead atoms. The van der Waals surface area contributed by atoms with Gasteiger partial charge in [0.1, 0.15) is 11.8 Å². The van der Waals surface area contributed by atoms with Crippen molar-refractivity contribution in [2.45, 2.75) is 44.3 Å². The molecule has 0 spiro atoms. The zero-order chi connectivity index (χ0) is 23.2. The highest BCUT2D eigenvalue weighted by Gasteiger charge is 2.64. The van der Waals surface area contributed by atoms with E-state index in [9.17, 15) is 22.4 Å². The fourth-order valence-electron chi connectivity index (χ4n) is 4.06. The smallest absolute Gasteiger partial charge is 0.283 e. The lowest BCUT2D eigenvalue weighted by Gasteiger charge is -2.33. The standard InChI is InChI=1S/C21H19ClF4N4O2/c1-9-4-10(5-16(23)24)8-28-17(9)18(31)29-11-2-3-14(22)12(6-11)21(19(25)26)13-7-15(13)32-20(27)30-21/h2-4,6,8,13,15-16,19H,5,7H2,1H3,(H2,27,30)(H,29,31)/t13-,15+,21-/m0/s1. The second kappa shape index (κ2) is 8.23. The third-order valence-electron chi connectivity index (χ3n) is 5.59. The number of alkyl halides is 4. The van der Waals surface area contributed by atoms with Gasteiger partial charge in [0.2, 0.25) is 6.43 Å². The molecule has 0 unspecified atom stereocenters. The number of nitrogens with two attached hydrogens (primary N) is 1. The van der Waals surface area contributed by atoms with Gasteiger partial charge in [-0.25, -0.2) is 22.6 Å². The average molecular weight is 471 g/mol. The highest BCUT2D eigenvalue weighted by Crippen LogP contribution is 2.57. The van der Waals surface area contributed by atoms with E-state index in [0.717, 1.165) is 0 Å². The van der Waals surface area contributed by atoms with Crippen molar-refractivity contribution in [2.24, 2.45) is 16.6 Å². The van der Waals surface area contributed by atoms with Crippen molar-refractivity contribution in [3.63, 3.8) is 0 Å². The SMILES string of the molecule is Cc1cc(CC(F)F)cnc1C(=O)Nc1ccc(Cl)c([C@]2(C(F)F)N=C(N)O[C@@H]3C[C@@H]32)c1. The summed E-state index contributed by atoms with van der Waals surface area (Å²) in [6.07, 6.45) is -4.81. The maximum absolute atomic E-state index is 14.3. The summed E-state index contributed by atoms with van der Waals surface area (Å²) in [5, 5.41) is 2.65. The Kier molecular flexibility index (Phi) is 5.74. The highest BCUT2D eigenvalue weighted by atomic mass is 35.5. The number of rotatable bonds is 6. The molecule has 2 aromatic rings. The monoisotopic (exact) mass is 470 g/mol. The number of aromatic nitrogens is 1. The number of pyridine rings is 1. The molecule has 1 amide bonds. The summed E-state index contributed by atoms with van der Waals surface area (Å²) in [4.78, 5) is 20.6. The Hall–Kier alpha value is -2.88. The molecule has 1 aliphatic heterocycles. The molecule has 1 aliphatic carbocycles. The zero-order valence-corrected chi connectivity index (χ0v) is 17.5. The Bertz CT molecular complexity index is 1100. The minimum Gasteiger partial charge on any atom is -0.462 e. The molecule has 1 fully saturated rings. The predicted octanol–water partition coefficient (Wildman–Crippen LogP) is 4.30. The number of anilines is 1. The molecule has 3 N–H and O–H groups in total. The molecule has 0 radical (unpaired) electrons. The van der Waals surface area contributed by atoms with E-state index in [0.29, 0.717) is 17.5 Å². The summed E-state index contributed by atoms with van der Waals surface area (Å²) in [6.45, 7) is 1.57. The quantitative estimate of drug-likeness (QED) is 0.616. The molecule has 170 valence electrons. The van der Waals surface area contributed by atoms with Crippen LogP contribution in [0.4, 0.5) is 23.2 Å². The maximum Gasteiger partial charge on any atom is 0.283 e. The van der Waals surface area contributed by atoms with Gasteiger partial charge in [0.25, 0.3) is 18.4 Å². The minimum atomic E-state index is -2.91. The Morgan fingerprint density at radius 2 is 2.09 bits per heavy atom. The first-order valence-electron chi connectivity index (χ1n) is 9.77. The van der Waals surface area contributed by atoms with Crippen LogP contribution in [0, 0.1) is 12.8 Å². The van der Waals surface area contributed by atoms with Crippen molar-refractivity contribution >= 4 is 29.2 Å². The second-order valence-electron chi connectivity index (χ2n) is 7.83. The number of amides is 1. The molecule has 2 heterocycles. The number of hydrogen-bond donors (Lipinski definition) is 2. The van der Waals surface area contributed by atoms with Gasteiger partial charge in [0.05, 0.1) is 0 Å². The Morgan fingerprint density at radius 1 is 1.34 bits per heavy atom. The molecule has 1 aromatic heterocycles. The van der Waals surface area contributed by atoms with E-state index in [1.807, 2.05) is 0 Å². The number of aryl methyl sites for hydroxylation is 1. The van der Waals surface area contributed by atoms with Crippen LogP contribution in [0.1, 0.15) is 33.6 Å². The van der Waals surface area contributed by atoms with Gasteiger partial charge in [-0.15, -0.1) is 0 Å². The Labute approximate surface area is 185 Å². The number of carbonyl (C=O) groups excluding carboxylic acids is 1. The van der Waals surface area contributed by atoms with Gasteiger partial charge in [0, 0.05) is 34.8 Å². The van der Waals surface area contributed by atoms with Crippen LogP contribution in [0.5, 0.6) is 0 Å². The zero-order valence-electron chi connectivity index (χ0n) is 16.8. The number of halogens is 5. The molecule has 0 saturated heterocycles. The van der Waals surface area contributed by atoms with Crippen LogP contribution in [-0.2, 0) is 16.7 Å². The van der Waals surface area contributed by atoms with Crippen LogP contribution in [0.15, 0.2) is 35.5 Å². The fraction of sp³-hybridized carbons (Fsp3) is 0.381. The van der Waals surface area contributed by atoms with Crippen LogP contribution in [0.25, 0.3) is 0 Å². The average Bonchev–Trinajstić information content (AvgIpc) is 3.47. The first-order valence-corrected chi connectivity index (χ1v) is 10.1. The van der Waals surface area contributed by atoms with E-state index in [2.05, 4.69) is 15.3 Å². The third kappa shape index (κ3) is 3.99. The second-order valence-corrected chi connectivity index (χ2v) is 8.23. The van der Waals surface area contributed by atoms with E-state index in [4.69, 9.17) is 22.1 Å². The lowest BCUT2D eigenvalue weighted by molar-refractivity contribution is 0.0197. The summed E-state index contributed by atoms with van der Waals surface area (Å²) in [7, 11) is 0. The van der Waals surface area contributed by atoms with E-state index >= 15 is 0 Å². The topological polar surface area (TPSA) is 89.6 Å². The predicted molar refractivity (Wildman–Crippen MR) is 110 cm³/mol. The molecule has 4 rings (SSSR count). The molecule has 6 nitrogen and oxygen atoms in total. The summed E-state index contributed by atoms with van der Waals surface area (Å²) < 4.78 is 59.0. The first kappa shape index (κ1) is 22.3. The number of benzene rings is 1. The molecule has 1 aromatic carbocycles. The molecule has 2 aliphatic rings. The van der Waals surface area contributed by atoms with Gasteiger partial charge < -0.3 is 15.8 Å². The molecular weight excluding hydrogens is 452 g/mol. The van der Waals surface area contributed by atoms with E-state index in [1.165, 1.54) is 30.5 Å². The number of amidine groups is 1. The minimum absolute atomic E-state index is 0.0266. The van der Waals surface area contributed by atoms with E-state index in [-0.39, 0.29) is 28.0 Å². The Morgan fingerprint density at radius 3 is 2.75 bits per heavy atom. The molecule has 3 atom stereocenters. The molecule has 1 saturated carbocycles. The van der Waals surface area contributed by atoms with Gasteiger partial charge in [-0.2, -0.15) is 0 Å². The van der Waals surface area contributed by atoms with Crippen molar-refractivity contribution in [2.75, 3.05) is 5.32 Å². The number of nitrogens with one attached hydrogen (secondary N) is 1. The number of aliphatic imine (C=N–C) groups is 1. The van der Waals surface area contributed by atoms with Gasteiger partial charge in [-0.1, -0.05) is 17.7 Å². The summed E-state index contributed by atoms with van der Waals surface area (Å²) in [5.74, 6) is -1.21. The lowest BCUT2D eigenvalue weighted by Crippen LogP contribution is -2.43. The van der Waals surface area contributed by atoms with Gasteiger partial charge in [-0.3, -0.25) is 9.78 Å². The number of nitrogens with zero attached hydrogens (tertiary/aromatic N) is 2. The normalized spacial score (nSPS) is 24.1. The van der Waals surface area contributed by atoms with Gasteiger partial charge >= 0.3 is 0 Å². The lowest BCUT2D eigenvalue weighted by atomic mass is 9.84. The fourth-order valence-corrected chi connectivity index (χ4v) is 4.33. The molecule has 11 heteroatoms.